The van der Waals surface area contributed by atoms with E-state index >= 15 is 0 Å². The Bertz CT molecular complexity index is 1060. The van der Waals surface area contributed by atoms with E-state index in [-0.39, 0.29) is 34.6 Å². The Labute approximate surface area is 192 Å². The Morgan fingerprint density at radius 1 is 1.36 bits per heavy atom. The number of methoxy groups -OCH3 is 1. The molecule has 0 aliphatic carbocycles. The first-order chi connectivity index (χ1) is 15.9. The van der Waals surface area contributed by atoms with Gasteiger partial charge in [0, 0.05) is 37.9 Å². The lowest BCUT2D eigenvalue weighted by molar-refractivity contribution is 0.0152. The minimum atomic E-state index is -1.19. The van der Waals surface area contributed by atoms with E-state index in [1.165, 1.54) is 19.2 Å². The highest BCUT2D eigenvalue weighted by atomic mass is 19.1. The molecule has 1 amide bonds. The molecule has 2 aromatic rings. The number of aromatic carboxylic acids is 1. The Hall–Kier alpha value is -2.94. The summed E-state index contributed by atoms with van der Waals surface area (Å²) < 4.78 is 27.1. The molecule has 1 saturated heterocycles. The van der Waals surface area contributed by atoms with Gasteiger partial charge in [0.15, 0.2) is 0 Å². The maximum absolute atomic E-state index is 14.6. The highest BCUT2D eigenvalue weighted by Crippen LogP contribution is 2.37. The van der Waals surface area contributed by atoms with Crippen molar-refractivity contribution >= 4 is 11.9 Å². The number of nitrogens with one attached hydrogen (secondary N) is 1. The number of carboxylic acids is 1. The zero-order chi connectivity index (χ0) is 23.6. The van der Waals surface area contributed by atoms with Crippen LogP contribution in [0.4, 0.5) is 4.39 Å². The molecule has 3 heterocycles. The third kappa shape index (κ3) is 4.59. The second kappa shape index (κ2) is 9.51. The van der Waals surface area contributed by atoms with Crippen LogP contribution in [-0.4, -0.2) is 53.6 Å². The summed E-state index contributed by atoms with van der Waals surface area (Å²) >= 11 is 0. The van der Waals surface area contributed by atoms with Crippen LogP contribution in [0.2, 0.25) is 0 Å². The zero-order valence-corrected chi connectivity index (χ0v) is 19.1. The highest BCUT2D eigenvalue weighted by Gasteiger charge is 2.39. The highest BCUT2D eigenvalue weighted by molar-refractivity contribution is 5.97. The van der Waals surface area contributed by atoms with Crippen molar-refractivity contribution < 1.29 is 28.6 Å². The van der Waals surface area contributed by atoms with E-state index in [1.54, 1.807) is 0 Å². The van der Waals surface area contributed by atoms with Crippen molar-refractivity contribution in [3.8, 4) is 5.75 Å². The van der Waals surface area contributed by atoms with Gasteiger partial charge in [-0.05, 0) is 50.0 Å². The van der Waals surface area contributed by atoms with Crippen LogP contribution in [0.25, 0.3) is 0 Å². The van der Waals surface area contributed by atoms with Gasteiger partial charge < -0.3 is 19.9 Å². The smallest absolute Gasteiger partial charge is 0.336 e. The molecule has 2 N–H and O–H groups in total. The number of benzene rings is 1. The number of ether oxygens (including phenoxy) is 2. The third-order valence-electron chi connectivity index (χ3n) is 6.84. The first-order valence-corrected chi connectivity index (χ1v) is 11.4. The average Bonchev–Trinajstić information content (AvgIpc) is 3.08. The molecular weight excluding hydrogens is 429 g/mol. The van der Waals surface area contributed by atoms with Crippen molar-refractivity contribution in [2.75, 3.05) is 26.9 Å². The van der Waals surface area contributed by atoms with Gasteiger partial charge in [-0.25, -0.2) is 9.18 Å². The number of amides is 1. The van der Waals surface area contributed by atoms with E-state index < -0.39 is 11.8 Å². The second-order valence-electron chi connectivity index (χ2n) is 8.86. The zero-order valence-electron chi connectivity index (χ0n) is 19.1. The molecule has 0 bridgehead atoms. The van der Waals surface area contributed by atoms with Gasteiger partial charge >= 0.3 is 5.97 Å². The molecular formula is C24H30FN3O5. The topological polar surface area (TPSA) is 103 Å². The minimum absolute atomic E-state index is 0.0550. The monoisotopic (exact) mass is 459 g/mol. The normalized spacial score (nSPS) is 17.4. The molecule has 2 aliphatic rings. The number of carboxylic acid groups (broad SMARTS) is 1. The van der Waals surface area contributed by atoms with E-state index in [4.69, 9.17) is 14.6 Å². The van der Waals surface area contributed by atoms with Crippen LogP contribution in [0.15, 0.2) is 12.1 Å². The van der Waals surface area contributed by atoms with Gasteiger partial charge in [0.1, 0.15) is 11.6 Å². The number of rotatable bonds is 7. The van der Waals surface area contributed by atoms with Crippen LogP contribution in [-0.2, 0) is 30.5 Å². The summed E-state index contributed by atoms with van der Waals surface area (Å²) in [5.74, 6) is -1.71. The van der Waals surface area contributed by atoms with Crippen molar-refractivity contribution in [2.24, 2.45) is 5.41 Å². The van der Waals surface area contributed by atoms with Crippen molar-refractivity contribution in [1.82, 2.24) is 15.1 Å². The molecule has 0 atom stereocenters. The predicted octanol–water partition coefficient (Wildman–Crippen LogP) is 3.01. The van der Waals surface area contributed by atoms with E-state index in [0.29, 0.717) is 44.7 Å². The lowest BCUT2D eigenvalue weighted by atomic mass is 9.76. The van der Waals surface area contributed by atoms with Crippen LogP contribution in [0, 0.1) is 11.2 Å². The summed E-state index contributed by atoms with van der Waals surface area (Å²) in [5, 5.41) is 17.3. The SMILES string of the molecule is CCc1nn(CCCc2c(F)cc(OC)cc2C(=O)O)c2c1C(=O)NCC1(CCOCC1)C2. The summed E-state index contributed by atoms with van der Waals surface area (Å²) in [6.07, 6.45) is 3.83. The standard InChI is InChI=1S/C24H30FN3O5/c1-3-19-21-20(13-24(14-26-22(21)29)6-9-33-10-7-24)28(27-19)8-4-5-16-17(23(30)31)11-15(32-2)12-18(16)25/h11-12H,3-10,13-14H2,1-2H3,(H,26,29)(H,30,31). The lowest BCUT2D eigenvalue weighted by Crippen LogP contribution is -2.40. The molecule has 1 spiro atoms. The van der Waals surface area contributed by atoms with Crippen molar-refractivity contribution in [3.63, 3.8) is 0 Å². The molecule has 8 nitrogen and oxygen atoms in total. The van der Waals surface area contributed by atoms with Gasteiger partial charge in [-0.3, -0.25) is 9.48 Å². The van der Waals surface area contributed by atoms with Gasteiger partial charge in [0.25, 0.3) is 5.91 Å². The number of fused-ring (bicyclic) bond motifs is 1. The third-order valence-corrected chi connectivity index (χ3v) is 6.84. The van der Waals surface area contributed by atoms with Gasteiger partial charge in [0.2, 0.25) is 0 Å². The van der Waals surface area contributed by atoms with Crippen LogP contribution in [0.5, 0.6) is 5.75 Å². The number of carbonyl (C=O) groups is 2. The number of hydrogen-bond acceptors (Lipinski definition) is 5. The molecule has 9 heteroatoms. The number of hydrogen-bond donors (Lipinski definition) is 2. The first-order valence-electron chi connectivity index (χ1n) is 11.4. The number of nitrogens with zero attached hydrogens (tertiary/aromatic N) is 2. The molecule has 4 rings (SSSR count). The Kier molecular flexibility index (Phi) is 6.69. The lowest BCUT2D eigenvalue weighted by Gasteiger charge is -2.36. The average molecular weight is 460 g/mol. The van der Waals surface area contributed by atoms with E-state index in [2.05, 4.69) is 5.32 Å². The van der Waals surface area contributed by atoms with Gasteiger partial charge in [-0.1, -0.05) is 6.92 Å². The maximum Gasteiger partial charge on any atom is 0.336 e. The number of carbonyl (C=O) groups excluding carboxylic acids is 1. The Balaban J connectivity index is 1.59. The second-order valence-corrected chi connectivity index (χ2v) is 8.86. The molecule has 1 fully saturated rings. The van der Waals surface area contributed by atoms with Crippen molar-refractivity contribution in [1.29, 1.82) is 0 Å². The summed E-state index contributed by atoms with van der Waals surface area (Å²) in [5.41, 5.74) is 2.32. The summed E-state index contributed by atoms with van der Waals surface area (Å²) in [6.45, 7) is 4.41. The Morgan fingerprint density at radius 2 is 2.12 bits per heavy atom. The maximum atomic E-state index is 14.6. The molecule has 0 radical (unpaired) electrons. The van der Waals surface area contributed by atoms with Crippen LogP contribution in [0.3, 0.4) is 0 Å². The van der Waals surface area contributed by atoms with Crippen molar-refractivity contribution in [3.05, 3.63) is 46.0 Å². The van der Waals surface area contributed by atoms with E-state index in [9.17, 15) is 19.1 Å². The van der Waals surface area contributed by atoms with Gasteiger partial charge in [0.05, 0.1) is 29.6 Å². The number of halogens is 1. The van der Waals surface area contributed by atoms with Gasteiger partial charge in [-0.2, -0.15) is 5.10 Å². The summed E-state index contributed by atoms with van der Waals surface area (Å²) in [7, 11) is 1.37. The van der Waals surface area contributed by atoms with Crippen LogP contribution >= 0.6 is 0 Å². The molecule has 33 heavy (non-hydrogen) atoms. The predicted molar refractivity (Wildman–Crippen MR) is 118 cm³/mol. The van der Waals surface area contributed by atoms with Crippen molar-refractivity contribution in [2.45, 2.75) is 52.0 Å². The Morgan fingerprint density at radius 3 is 2.79 bits per heavy atom. The molecule has 0 saturated carbocycles. The first kappa shape index (κ1) is 23.2. The molecule has 1 aromatic carbocycles. The fourth-order valence-electron chi connectivity index (χ4n) is 4.94. The molecule has 0 unspecified atom stereocenters. The molecule has 1 aromatic heterocycles. The fourth-order valence-corrected chi connectivity index (χ4v) is 4.94. The molecule has 178 valence electrons. The summed E-state index contributed by atoms with van der Waals surface area (Å²) in [6, 6.07) is 2.55. The van der Waals surface area contributed by atoms with E-state index in [0.717, 1.165) is 30.7 Å². The molecule has 2 aliphatic heterocycles. The largest absolute Gasteiger partial charge is 0.497 e. The summed E-state index contributed by atoms with van der Waals surface area (Å²) in [4.78, 5) is 24.6. The van der Waals surface area contributed by atoms with Crippen LogP contribution < -0.4 is 10.1 Å². The quantitative estimate of drug-likeness (QED) is 0.660. The minimum Gasteiger partial charge on any atom is -0.497 e. The number of aryl methyl sites for hydroxylation is 2. The van der Waals surface area contributed by atoms with E-state index in [1.807, 2.05) is 11.6 Å². The van der Waals surface area contributed by atoms with Crippen LogP contribution in [0.1, 0.15) is 63.9 Å². The number of aromatic nitrogens is 2. The van der Waals surface area contributed by atoms with Gasteiger partial charge in [-0.15, -0.1) is 0 Å². The fraction of sp³-hybridized carbons (Fsp3) is 0.542.